The van der Waals surface area contributed by atoms with E-state index < -0.39 is 0 Å². The van der Waals surface area contributed by atoms with Crippen molar-refractivity contribution in [2.24, 2.45) is 11.8 Å². The molecule has 0 spiro atoms. The van der Waals surface area contributed by atoms with Crippen molar-refractivity contribution in [2.45, 2.75) is 52.0 Å². The van der Waals surface area contributed by atoms with Gasteiger partial charge in [-0.15, -0.1) is 0 Å². The van der Waals surface area contributed by atoms with Crippen LogP contribution in [0.2, 0.25) is 5.02 Å². The highest BCUT2D eigenvalue weighted by Gasteiger charge is 2.32. The van der Waals surface area contributed by atoms with Crippen LogP contribution in [0.1, 0.15) is 57.6 Å². The first-order valence-corrected chi connectivity index (χ1v) is 9.03. The van der Waals surface area contributed by atoms with E-state index in [-0.39, 0.29) is 0 Å². The summed E-state index contributed by atoms with van der Waals surface area (Å²) in [5, 5.41) is 4.57. The fourth-order valence-corrected chi connectivity index (χ4v) is 4.28. The van der Waals surface area contributed by atoms with Gasteiger partial charge < -0.3 is 5.32 Å². The minimum atomic E-state index is 0.384. The summed E-state index contributed by atoms with van der Waals surface area (Å²) in [7, 11) is 0. The lowest BCUT2D eigenvalue weighted by Crippen LogP contribution is -2.34. The summed E-state index contributed by atoms with van der Waals surface area (Å²) in [5.41, 5.74) is 1.26. The van der Waals surface area contributed by atoms with Gasteiger partial charge in [0.1, 0.15) is 0 Å². The van der Waals surface area contributed by atoms with Crippen molar-refractivity contribution in [3.05, 3.63) is 33.3 Å². The van der Waals surface area contributed by atoms with Crippen LogP contribution in [0.3, 0.4) is 0 Å². The molecule has 1 aliphatic carbocycles. The molecule has 1 saturated carbocycles. The first-order valence-electron chi connectivity index (χ1n) is 7.86. The van der Waals surface area contributed by atoms with E-state index in [0.29, 0.717) is 12.0 Å². The zero-order valence-corrected chi connectivity index (χ0v) is 14.8. The average Bonchev–Trinajstić information content (AvgIpc) is 2.48. The molecule has 0 bridgehead atoms. The Bertz CT molecular complexity index is 435. The highest BCUT2D eigenvalue weighted by Crippen LogP contribution is 2.43. The van der Waals surface area contributed by atoms with Gasteiger partial charge in [0.25, 0.3) is 0 Å². The molecule has 1 fully saturated rings. The molecular formula is C17H25BrClN. The summed E-state index contributed by atoms with van der Waals surface area (Å²) < 4.78 is 1.00. The number of benzene rings is 1. The maximum Gasteiger partial charge on any atom is 0.0595 e. The zero-order valence-electron chi connectivity index (χ0n) is 12.5. The van der Waals surface area contributed by atoms with Crippen LogP contribution < -0.4 is 5.32 Å². The Labute approximate surface area is 136 Å². The summed E-state index contributed by atoms with van der Waals surface area (Å²) in [6.07, 6.45) is 6.71. The standard InChI is InChI=1S/C17H25BrClN/c1-3-12-8-5-6-9-13(12)17(20-4-2)14-10-7-11-15(18)16(14)19/h7,10-13,17,20H,3-6,8-9H2,1-2H3. The van der Waals surface area contributed by atoms with Crippen molar-refractivity contribution in [3.63, 3.8) is 0 Å². The summed E-state index contributed by atoms with van der Waals surface area (Å²) in [5.74, 6) is 1.53. The number of hydrogen-bond acceptors (Lipinski definition) is 1. The van der Waals surface area contributed by atoms with Crippen molar-refractivity contribution in [1.82, 2.24) is 5.32 Å². The molecule has 0 aromatic heterocycles. The Kier molecular flexibility index (Phi) is 6.38. The molecule has 1 aromatic carbocycles. The largest absolute Gasteiger partial charge is 0.310 e. The average molecular weight is 359 g/mol. The molecule has 0 radical (unpaired) electrons. The highest BCUT2D eigenvalue weighted by molar-refractivity contribution is 9.10. The third kappa shape index (κ3) is 3.58. The van der Waals surface area contributed by atoms with Crippen LogP contribution in [0.5, 0.6) is 0 Å². The molecule has 1 aliphatic rings. The molecule has 2 rings (SSSR count). The molecule has 112 valence electrons. The molecule has 0 saturated heterocycles. The number of rotatable bonds is 5. The Hall–Kier alpha value is -0.0500. The van der Waals surface area contributed by atoms with Crippen LogP contribution in [-0.2, 0) is 0 Å². The molecule has 3 heteroatoms. The van der Waals surface area contributed by atoms with Gasteiger partial charge in [-0.05, 0) is 52.4 Å². The Balaban J connectivity index is 2.32. The maximum absolute atomic E-state index is 6.55. The summed E-state index contributed by atoms with van der Waals surface area (Å²) in [6, 6.07) is 6.68. The molecule has 0 aliphatic heterocycles. The second kappa shape index (κ2) is 7.82. The minimum Gasteiger partial charge on any atom is -0.310 e. The normalized spacial score (nSPS) is 24.6. The number of nitrogens with one attached hydrogen (secondary N) is 1. The first kappa shape index (κ1) is 16.3. The second-order valence-corrected chi connectivity index (χ2v) is 7.03. The van der Waals surface area contributed by atoms with Crippen LogP contribution >= 0.6 is 27.5 Å². The third-order valence-electron chi connectivity index (χ3n) is 4.66. The van der Waals surface area contributed by atoms with Gasteiger partial charge >= 0.3 is 0 Å². The predicted octanol–water partition coefficient (Wildman–Crippen LogP) is 5.97. The fraction of sp³-hybridized carbons (Fsp3) is 0.647. The van der Waals surface area contributed by atoms with Gasteiger partial charge in [0.15, 0.2) is 0 Å². The van der Waals surface area contributed by atoms with Gasteiger partial charge in [0.05, 0.1) is 5.02 Å². The van der Waals surface area contributed by atoms with Gasteiger partial charge in [-0.1, -0.05) is 63.3 Å². The van der Waals surface area contributed by atoms with E-state index in [1.54, 1.807) is 0 Å². The van der Waals surface area contributed by atoms with E-state index in [1.165, 1.54) is 37.7 Å². The van der Waals surface area contributed by atoms with Crippen molar-refractivity contribution >= 4 is 27.5 Å². The quantitative estimate of drug-likeness (QED) is 0.683. The summed E-state index contributed by atoms with van der Waals surface area (Å²) in [6.45, 7) is 5.50. The lowest BCUT2D eigenvalue weighted by molar-refractivity contribution is 0.177. The molecule has 20 heavy (non-hydrogen) atoms. The monoisotopic (exact) mass is 357 g/mol. The van der Waals surface area contributed by atoms with E-state index >= 15 is 0 Å². The van der Waals surface area contributed by atoms with Crippen LogP contribution in [0.15, 0.2) is 22.7 Å². The zero-order chi connectivity index (χ0) is 14.5. The van der Waals surface area contributed by atoms with E-state index in [4.69, 9.17) is 11.6 Å². The number of halogens is 2. The smallest absolute Gasteiger partial charge is 0.0595 e. The van der Waals surface area contributed by atoms with Gasteiger partial charge in [0, 0.05) is 10.5 Å². The van der Waals surface area contributed by atoms with Gasteiger partial charge in [-0.2, -0.15) is 0 Å². The van der Waals surface area contributed by atoms with Crippen LogP contribution in [0.25, 0.3) is 0 Å². The fourth-order valence-electron chi connectivity index (χ4n) is 3.65. The Morgan fingerprint density at radius 3 is 2.75 bits per heavy atom. The van der Waals surface area contributed by atoms with Crippen molar-refractivity contribution < 1.29 is 0 Å². The SMILES string of the molecule is CCNC(c1cccc(Br)c1Cl)C1CCCCC1CC. The number of hydrogen-bond donors (Lipinski definition) is 1. The van der Waals surface area contributed by atoms with Gasteiger partial charge in [-0.25, -0.2) is 0 Å². The lowest BCUT2D eigenvalue weighted by atomic mass is 9.72. The third-order valence-corrected chi connectivity index (χ3v) is 5.97. The predicted molar refractivity (Wildman–Crippen MR) is 91.3 cm³/mol. The topological polar surface area (TPSA) is 12.0 Å². The van der Waals surface area contributed by atoms with Crippen LogP contribution in [0.4, 0.5) is 0 Å². The lowest BCUT2D eigenvalue weighted by Gasteiger charge is -2.38. The van der Waals surface area contributed by atoms with E-state index in [2.05, 4.69) is 47.2 Å². The molecule has 1 nitrogen and oxygen atoms in total. The molecule has 0 amide bonds. The van der Waals surface area contributed by atoms with E-state index in [0.717, 1.165) is 22.0 Å². The minimum absolute atomic E-state index is 0.384. The molecule has 3 atom stereocenters. The van der Waals surface area contributed by atoms with Crippen molar-refractivity contribution in [1.29, 1.82) is 0 Å². The maximum atomic E-state index is 6.55. The van der Waals surface area contributed by atoms with E-state index in [9.17, 15) is 0 Å². The first-order chi connectivity index (χ1) is 9.69. The van der Waals surface area contributed by atoms with Crippen molar-refractivity contribution in [2.75, 3.05) is 6.54 Å². The van der Waals surface area contributed by atoms with Gasteiger partial charge in [0.2, 0.25) is 0 Å². The van der Waals surface area contributed by atoms with Crippen molar-refractivity contribution in [3.8, 4) is 0 Å². The van der Waals surface area contributed by atoms with Crippen LogP contribution in [0, 0.1) is 11.8 Å². The Morgan fingerprint density at radius 1 is 1.30 bits per heavy atom. The summed E-state index contributed by atoms with van der Waals surface area (Å²) >= 11 is 10.1. The molecular weight excluding hydrogens is 334 g/mol. The highest BCUT2D eigenvalue weighted by atomic mass is 79.9. The van der Waals surface area contributed by atoms with E-state index in [1.807, 2.05) is 6.07 Å². The van der Waals surface area contributed by atoms with Gasteiger partial charge in [-0.3, -0.25) is 0 Å². The van der Waals surface area contributed by atoms with Crippen LogP contribution in [-0.4, -0.2) is 6.54 Å². The second-order valence-electron chi connectivity index (χ2n) is 5.80. The molecule has 1 aromatic rings. The Morgan fingerprint density at radius 2 is 2.05 bits per heavy atom. The molecule has 0 heterocycles. The summed E-state index contributed by atoms with van der Waals surface area (Å²) in [4.78, 5) is 0. The molecule has 3 unspecified atom stereocenters. The molecule has 1 N–H and O–H groups in total.